The number of amides is 1. The lowest BCUT2D eigenvalue weighted by molar-refractivity contribution is 0.102. The van der Waals surface area contributed by atoms with E-state index in [1.807, 2.05) is 60.7 Å². The van der Waals surface area contributed by atoms with Crippen molar-refractivity contribution in [2.24, 2.45) is 0 Å². The number of nitrogens with one attached hydrogen (secondary N) is 1. The molecule has 6 nitrogen and oxygen atoms in total. The minimum absolute atomic E-state index is 0.209. The van der Waals surface area contributed by atoms with E-state index in [1.54, 1.807) is 7.11 Å². The summed E-state index contributed by atoms with van der Waals surface area (Å²) in [5, 5.41) is 15.8. The van der Waals surface area contributed by atoms with E-state index in [0.29, 0.717) is 16.6 Å². The zero-order chi connectivity index (χ0) is 22.4. The first-order valence-corrected chi connectivity index (χ1v) is 11.6. The van der Waals surface area contributed by atoms with E-state index >= 15 is 0 Å². The number of fused-ring (bicyclic) bond motifs is 2. The SMILES string of the molecule is COc1ccc2cc(-c3cc(C(=O)Nc4nnc(C5CC5)s4)c4ccccc4n3)ccc2c1. The van der Waals surface area contributed by atoms with Crippen molar-refractivity contribution < 1.29 is 9.53 Å². The predicted octanol–water partition coefficient (Wildman–Crippen LogP) is 6.04. The van der Waals surface area contributed by atoms with Gasteiger partial charge in [0.05, 0.1) is 23.9 Å². The molecule has 0 spiro atoms. The highest BCUT2D eigenvalue weighted by molar-refractivity contribution is 7.15. The van der Waals surface area contributed by atoms with E-state index in [0.717, 1.165) is 56.5 Å². The van der Waals surface area contributed by atoms with E-state index < -0.39 is 0 Å². The van der Waals surface area contributed by atoms with Crippen LogP contribution in [0.5, 0.6) is 5.75 Å². The van der Waals surface area contributed by atoms with E-state index in [4.69, 9.17) is 9.72 Å². The minimum atomic E-state index is -0.209. The van der Waals surface area contributed by atoms with Crippen molar-refractivity contribution in [2.75, 3.05) is 12.4 Å². The molecule has 0 aliphatic heterocycles. The maximum Gasteiger partial charge on any atom is 0.258 e. The molecule has 0 bridgehead atoms. The second kappa shape index (κ2) is 7.94. The Bertz CT molecular complexity index is 1520. The first-order chi connectivity index (χ1) is 16.2. The van der Waals surface area contributed by atoms with Crippen LogP contribution in [0, 0.1) is 0 Å². The van der Waals surface area contributed by atoms with Gasteiger partial charge in [0.25, 0.3) is 5.91 Å². The maximum absolute atomic E-state index is 13.3. The van der Waals surface area contributed by atoms with Gasteiger partial charge in [-0.1, -0.05) is 47.7 Å². The van der Waals surface area contributed by atoms with Crippen molar-refractivity contribution in [2.45, 2.75) is 18.8 Å². The number of hydrogen-bond donors (Lipinski definition) is 1. The van der Waals surface area contributed by atoms with Crippen LogP contribution in [-0.2, 0) is 0 Å². The quantitative estimate of drug-likeness (QED) is 0.351. The molecule has 1 saturated carbocycles. The van der Waals surface area contributed by atoms with Gasteiger partial charge >= 0.3 is 0 Å². The molecule has 1 N–H and O–H groups in total. The molecule has 1 aliphatic carbocycles. The highest BCUT2D eigenvalue weighted by atomic mass is 32.1. The first-order valence-electron chi connectivity index (χ1n) is 10.8. The van der Waals surface area contributed by atoms with Crippen LogP contribution in [0.25, 0.3) is 32.9 Å². The van der Waals surface area contributed by atoms with Crippen LogP contribution < -0.4 is 10.1 Å². The lowest BCUT2D eigenvalue weighted by Gasteiger charge is -2.10. The Hall–Kier alpha value is -3.84. The lowest BCUT2D eigenvalue weighted by Crippen LogP contribution is -2.13. The molecular formula is C26H20N4O2S. The Morgan fingerprint density at radius 1 is 1.00 bits per heavy atom. The summed E-state index contributed by atoms with van der Waals surface area (Å²) >= 11 is 1.46. The Morgan fingerprint density at radius 3 is 2.67 bits per heavy atom. The molecule has 1 amide bonds. The van der Waals surface area contributed by atoms with Crippen molar-refractivity contribution in [1.82, 2.24) is 15.2 Å². The topological polar surface area (TPSA) is 77.0 Å². The summed E-state index contributed by atoms with van der Waals surface area (Å²) in [5.41, 5.74) is 3.02. The fourth-order valence-corrected chi connectivity index (χ4v) is 4.87. The van der Waals surface area contributed by atoms with Crippen LogP contribution in [0.15, 0.2) is 66.7 Å². The Kier molecular flexibility index (Phi) is 4.77. The second-order valence-corrected chi connectivity index (χ2v) is 9.18. The van der Waals surface area contributed by atoms with E-state index in [-0.39, 0.29) is 5.91 Å². The van der Waals surface area contributed by atoms with Gasteiger partial charge in [-0.3, -0.25) is 10.1 Å². The molecule has 7 heteroatoms. The summed E-state index contributed by atoms with van der Waals surface area (Å²) in [5.74, 6) is 1.12. The van der Waals surface area contributed by atoms with Gasteiger partial charge < -0.3 is 4.74 Å². The van der Waals surface area contributed by atoms with Gasteiger partial charge in [0.2, 0.25) is 5.13 Å². The molecule has 0 atom stereocenters. The first kappa shape index (κ1) is 19.8. The molecule has 0 saturated heterocycles. The number of methoxy groups -OCH3 is 1. The standard InChI is InChI=1S/C26H20N4O2S/c1-32-19-11-10-16-12-18(9-8-17(16)13-19)23-14-21(20-4-2-3-5-22(20)27-23)24(31)28-26-30-29-25(33-26)15-6-7-15/h2-5,8-15H,6-7H2,1H3,(H,28,30,31). The van der Waals surface area contributed by atoms with Crippen molar-refractivity contribution in [3.63, 3.8) is 0 Å². The van der Waals surface area contributed by atoms with Crippen LogP contribution in [0.3, 0.4) is 0 Å². The molecule has 1 fully saturated rings. The molecule has 5 aromatic rings. The number of carbonyl (C=O) groups is 1. The summed E-state index contributed by atoms with van der Waals surface area (Å²) < 4.78 is 5.33. The van der Waals surface area contributed by atoms with E-state index in [9.17, 15) is 4.79 Å². The molecule has 6 rings (SSSR count). The molecule has 0 unspecified atom stereocenters. The average Bonchev–Trinajstić information content (AvgIpc) is 3.61. The van der Waals surface area contributed by atoms with Crippen LogP contribution in [-0.4, -0.2) is 28.2 Å². The average molecular weight is 453 g/mol. The Balaban J connectivity index is 1.40. The number of para-hydroxylation sites is 1. The molecule has 162 valence electrons. The van der Waals surface area contributed by atoms with Crippen LogP contribution in [0.2, 0.25) is 0 Å². The molecule has 3 aromatic carbocycles. The molecular weight excluding hydrogens is 432 g/mol. The number of pyridine rings is 1. The summed E-state index contributed by atoms with van der Waals surface area (Å²) in [6.07, 6.45) is 2.30. The highest BCUT2D eigenvalue weighted by Gasteiger charge is 2.28. The zero-order valence-electron chi connectivity index (χ0n) is 17.9. The summed E-state index contributed by atoms with van der Waals surface area (Å²) in [7, 11) is 1.66. The van der Waals surface area contributed by atoms with Crippen LogP contribution >= 0.6 is 11.3 Å². The predicted molar refractivity (Wildman–Crippen MR) is 131 cm³/mol. The van der Waals surface area contributed by atoms with Gasteiger partial charge in [0.15, 0.2) is 0 Å². The minimum Gasteiger partial charge on any atom is -0.497 e. The number of ether oxygens (including phenoxy) is 1. The molecule has 0 radical (unpaired) electrons. The molecule has 2 heterocycles. The second-order valence-electron chi connectivity index (χ2n) is 8.17. The van der Waals surface area contributed by atoms with Gasteiger partial charge in [-0.2, -0.15) is 0 Å². The number of nitrogens with zero attached hydrogens (tertiary/aromatic N) is 3. The van der Waals surface area contributed by atoms with Crippen LogP contribution in [0.1, 0.15) is 34.1 Å². The van der Waals surface area contributed by atoms with Gasteiger partial charge in [-0.15, -0.1) is 10.2 Å². The van der Waals surface area contributed by atoms with Gasteiger partial charge in [0, 0.05) is 16.9 Å². The zero-order valence-corrected chi connectivity index (χ0v) is 18.7. The normalized spacial score (nSPS) is 13.4. The third-order valence-electron chi connectivity index (χ3n) is 5.89. The van der Waals surface area contributed by atoms with Crippen molar-refractivity contribution in [1.29, 1.82) is 0 Å². The van der Waals surface area contributed by atoms with Crippen LogP contribution in [0.4, 0.5) is 5.13 Å². The van der Waals surface area contributed by atoms with Gasteiger partial charge in [-0.05, 0) is 53.9 Å². The number of aromatic nitrogens is 3. The highest BCUT2D eigenvalue weighted by Crippen LogP contribution is 2.42. The summed E-state index contributed by atoms with van der Waals surface area (Å²) in [6.45, 7) is 0. The monoisotopic (exact) mass is 452 g/mol. The third-order valence-corrected chi connectivity index (χ3v) is 6.89. The Morgan fingerprint density at radius 2 is 1.82 bits per heavy atom. The molecule has 33 heavy (non-hydrogen) atoms. The van der Waals surface area contributed by atoms with Gasteiger partial charge in [0.1, 0.15) is 10.8 Å². The number of carbonyl (C=O) groups excluding carboxylic acids is 1. The number of rotatable bonds is 5. The van der Waals surface area contributed by atoms with Gasteiger partial charge in [-0.25, -0.2) is 4.98 Å². The molecule has 2 aromatic heterocycles. The number of hydrogen-bond acceptors (Lipinski definition) is 6. The number of benzene rings is 3. The van der Waals surface area contributed by atoms with Crippen molar-refractivity contribution >= 4 is 44.1 Å². The fraction of sp³-hybridized carbons (Fsp3) is 0.154. The summed E-state index contributed by atoms with van der Waals surface area (Å²) in [4.78, 5) is 18.1. The summed E-state index contributed by atoms with van der Waals surface area (Å²) in [6, 6.07) is 21.7. The molecule has 1 aliphatic rings. The van der Waals surface area contributed by atoms with E-state index in [2.05, 4.69) is 21.6 Å². The smallest absolute Gasteiger partial charge is 0.258 e. The van der Waals surface area contributed by atoms with E-state index in [1.165, 1.54) is 11.3 Å². The van der Waals surface area contributed by atoms with Crippen molar-refractivity contribution in [3.05, 3.63) is 77.3 Å². The van der Waals surface area contributed by atoms with Crippen molar-refractivity contribution in [3.8, 4) is 17.0 Å². The fourth-order valence-electron chi connectivity index (χ4n) is 3.97. The Labute approximate surface area is 194 Å². The maximum atomic E-state index is 13.3. The number of anilines is 1. The lowest BCUT2D eigenvalue weighted by atomic mass is 10.0. The largest absolute Gasteiger partial charge is 0.497 e. The third kappa shape index (κ3) is 3.81.